The third-order valence-electron chi connectivity index (χ3n) is 0. The Hall–Kier alpha value is 4.07. The molecule has 0 aromatic heterocycles. The standard InChI is InChI=1S/Bi.3HI.Na.H/h;3*1H;;/q+3;;;;;/p-3. The zero-order valence-corrected chi connectivity index (χ0v) is 11.5. The van der Waals surface area contributed by atoms with E-state index in [4.69, 9.17) is 0 Å². The average molecular weight is 614 g/mol. The van der Waals surface area contributed by atoms with Crippen molar-refractivity contribution in [3.05, 3.63) is 0 Å². The number of rotatable bonds is 0. The molecule has 5 heavy (non-hydrogen) atoms. The Bertz CT molecular complexity index is 11.6. The molecule has 0 unspecified atom stereocenters. The first kappa shape index (κ1) is 11.8. The van der Waals surface area contributed by atoms with Gasteiger partial charge < -0.3 is 0 Å². The summed E-state index contributed by atoms with van der Waals surface area (Å²) in [4.78, 5) is 0. The van der Waals surface area contributed by atoms with E-state index >= 15 is 0 Å². The molecule has 0 fully saturated rings. The van der Waals surface area contributed by atoms with Gasteiger partial charge in [-0.25, -0.2) is 0 Å². The van der Waals surface area contributed by atoms with Crippen molar-refractivity contribution in [2.45, 2.75) is 0 Å². The van der Waals surface area contributed by atoms with Gasteiger partial charge in [-0.05, 0) is 0 Å². The van der Waals surface area contributed by atoms with Crippen molar-refractivity contribution in [2.24, 2.45) is 0 Å². The van der Waals surface area contributed by atoms with Gasteiger partial charge in [0.25, 0.3) is 0 Å². The predicted octanol–water partition coefficient (Wildman–Crippen LogP) is 1.63. The molecule has 0 nitrogen and oxygen atoms in total. The van der Waals surface area contributed by atoms with Gasteiger partial charge in [-0.2, -0.15) is 0 Å². The summed E-state index contributed by atoms with van der Waals surface area (Å²) in [5.41, 5.74) is 0. The molecule has 0 N–H and O–H groups in total. The number of halogens is 3. The van der Waals surface area contributed by atoms with Crippen molar-refractivity contribution in [3.8, 4) is 0 Å². The normalized spacial score (nSPS) is 7.20. The Morgan fingerprint density at radius 3 is 1.00 bits per heavy atom. The molecule has 0 spiro atoms. The molecule has 0 aliphatic rings. The molecule has 0 aromatic carbocycles. The van der Waals surface area contributed by atoms with Crippen LogP contribution in [0.1, 0.15) is 0 Å². The van der Waals surface area contributed by atoms with E-state index in [1.165, 1.54) is 0 Å². The van der Waals surface area contributed by atoms with E-state index in [9.17, 15) is 0 Å². The van der Waals surface area contributed by atoms with Crippen molar-refractivity contribution < 1.29 is 0 Å². The van der Waals surface area contributed by atoms with Gasteiger partial charge in [0.1, 0.15) is 0 Å². The molecule has 0 radical (unpaired) electrons. The molecular weight excluding hydrogens is 613 g/mol. The summed E-state index contributed by atoms with van der Waals surface area (Å²) in [6.45, 7) is 0. The number of hydrogen-bond donors (Lipinski definition) is 0. The van der Waals surface area contributed by atoms with Gasteiger partial charge in [-0.15, -0.1) is 0 Å². The third-order valence-corrected chi connectivity index (χ3v) is 0. The first-order valence-electron chi connectivity index (χ1n) is 0.507. The fourth-order valence-corrected chi connectivity index (χ4v) is 0. The van der Waals surface area contributed by atoms with E-state index in [0.717, 1.165) is 0 Å². The summed E-state index contributed by atoms with van der Waals surface area (Å²) in [5.74, 6) is 0. The van der Waals surface area contributed by atoms with Crippen LogP contribution < -0.4 is 0 Å². The molecule has 0 saturated heterocycles. The van der Waals surface area contributed by atoms with Crippen LogP contribution in [0.15, 0.2) is 0 Å². The van der Waals surface area contributed by atoms with Gasteiger partial charge in [-0.1, -0.05) is 0 Å². The summed E-state index contributed by atoms with van der Waals surface area (Å²) in [7, 11) is -0.683. The molecule has 0 aliphatic carbocycles. The summed E-state index contributed by atoms with van der Waals surface area (Å²) in [5, 5.41) is 0. The minimum absolute atomic E-state index is 0. The van der Waals surface area contributed by atoms with Crippen LogP contribution in [-0.4, -0.2) is 38.7 Å². The van der Waals surface area contributed by atoms with E-state index in [1.807, 2.05) is 0 Å². The van der Waals surface area contributed by atoms with Crippen LogP contribution in [0.5, 0.6) is 0 Å². The van der Waals surface area contributed by atoms with Gasteiger partial charge >= 0.3 is 92.9 Å². The van der Waals surface area contributed by atoms with Crippen LogP contribution >= 0.6 is 54.1 Å². The van der Waals surface area contributed by atoms with Crippen molar-refractivity contribution >= 4 is 92.9 Å². The Kier molecular flexibility index (Phi) is 19.1. The first-order chi connectivity index (χ1) is 1.73. The Balaban J connectivity index is 0. The minimum atomic E-state index is -0.683. The van der Waals surface area contributed by atoms with E-state index in [0.29, 0.717) is 0 Å². The molecule has 0 heterocycles. The summed E-state index contributed by atoms with van der Waals surface area (Å²) in [6.07, 6.45) is 0. The Labute approximate surface area is 89.6 Å². The first-order valence-corrected chi connectivity index (χ1v) is 29.8. The van der Waals surface area contributed by atoms with Crippen LogP contribution in [0.4, 0.5) is 0 Å². The molecule has 0 saturated carbocycles. The van der Waals surface area contributed by atoms with Gasteiger partial charge in [0, 0.05) is 0 Å². The molecule has 0 aliphatic heterocycles. The van der Waals surface area contributed by atoms with Crippen molar-refractivity contribution in [2.75, 3.05) is 0 Å². The fourth-order valence-electron chi connectivity index (χ4n) is 0. The molecule has 28 valence electrons. The van der Waals surface area contributed by atoms with E-state index < -0.39 is 9.18 Å². The molecule has 0 rings (SSSR count). The Morgan fingerprint density at radius 1 is 1.00 bits per heavy atom. The summed E-state index contributed by atoms with van der Waals surface area (Å²) >= 11 is 7.56. The van der Waals surface area contributed by atoms with Crippen LogP contribution in [0.25, 0.3) is 0 Å². The van der Waals surface area contributed by atoms with Crippen LogP contribution in [0, 0.1) is 0 Å². The second-order valence-corrected chi connectivity index (χ2v) is 75.7. The van der Waals surface area contributed by atoms with Crippen molar-refractivity contribution in [1.29, 1.82) is 0 Å². The van der Waals surface area contributed by atoms with E-state index in [1.54, 1.807) is 0 Å². The van der Waals surface area contributed by atoms with Gasteiger partial charge in [-0.3, -0.25) is 0 Å². The maximum absolute atomic E-state index is 2.52. The molecule has 0 atom stereocenters. The average Bonchev–Trinajstić information content (AvgIpc) is 0.811. The molecule has 0 amide bonds. The van der Waals surface area contributed by atoms with E-state index in [2.05, 4.69) is 54.1 Å². The topological polar surface area (TPSA) is 0 Å². The Morgan fingerprint density at radius 2 is 1.00 bits per heavy atom. The zero-order chi connectivity index (χ0) is 3.58. The SMILES string of the molecule is [I][Bi]([I])[I].[NaH]. The van der Waals surface area contributed by atoms with Crippen LogP contribution in [-0.2, 0) is 0 Å². The van der Waals surface area contributed by atoms with Crippen molar-refractivity contribution in [1.82, 2.24) is 0 Å². The monoisotopic (exact) mass is 614 g/mol. The zero-order valence-electron chi connectivity index (χ0n) is 1.58. The molecular formula is HBiI3Na. The van der Waals surface area contributed by atoms with Gasteiger partial charge in [0.2, 0.25) is 0 Å². The predicted molar refractivity (Wildman–Crippen MR) is 55.0 cm³/mol. The van der Waals surface area contributed by atoms with E-state index in [-0.39, 0.29) is 29.6 Å². The molecule has 0 bridgehead atoms. The summed E-state index contributed by atoms with van der Waals surface area (Å²) in [6, 6.07) is 0. The van der Waals surface area contributed by atoms with Crippen LogP contribution in [0.2, 0.25) is 0 Å². The third kappa shape index (κ3) is 17.9. The number of hydrogen-bond acceptors (Lipinski definition) is 0. The second kappa shape index (κ2) is 8.07. The van der Waals surface area contributed by atoms with Gasteiger partial charge in [0.05, 0.1) is 0 Å². The fraction of sp³-hybridized carbons (Fsp3) is 0. The molecule has 5 heteroatoms. The van der Waals surface area contributed by atoms with Crippen LogP contribution in [0.3, 0.4) is 0 Å². The maximum atomic E-state index is 2.52. The van der Waals surface area contributed by atoms with Crippen molar-refractivity contribution in [3.63, 3.8) is 0 Å². The summed E-state index contributed by atoms with van der Waals surface area (Å²) < 4.78 is 0. The second-order valence-electron chi connectivity index (χ2n) is 0.192. The van der Waals surface area contributed by atoms with Gasteiger partial charge in [0.15, 0.2) is 0 Å². The quantitative estimate of drug-likeness (QED) is 0.288. The molecule has 0 aromatic rings.